The highest BCUT2D eigenvalue weighted by atomic mass is 35.5. The fourth-order valence-corrected chi connectivity index (χ4v) is 2.84. The summed E-state index contributed by atoms with van der Waals surface area (Å²) >= 11 is 11.1. The van der Waals surface area contributed by atoms with Gasteiger partial charge in [0.05, 0.1) is 22.8 Å². The number of halogens is 5. The van der Waals surface area contributed by atoms with Gasteiger partial charge in [-0.2, -0.15) is 13.2 Å². The first kappa shape index (κ1) is 16.8. The van der Waals surface area contributed by atoms with Gasteiger partial charge in [0.15, 0.2) is 5.82 Å². The van der Waals surface area contributed by atoms with Crippen molar-refractivity contribution < 1.29 is 17.6 Å². The lowest BCUT2D eigenvalue weighted by molar-refractivity contribution is -0.137. The normalized spacial score (nSPS) is 14.5. The summed E-state index contributed by atoms with van der Waals surface area (Å²) in [6.45, 7) is -0.0208. The molecule has 3 rings (SSSR count). The van der Waals surface area contributed by atoms with Crippen LogP contribution in [0.4, 0.5) is 23.2 Å². The van der Waals surface area contributed by atoms with Gasteiger partial charge >= 0.3 is 6.18 Å². The summed E-state index contributed by atoms with van der Waals surface area (Å²) in [5, 5.41) is 2.19. The van der Waals surface area contributed by atoms with Gasteiger partial charge in [-0.15, -0.1) is 0 Å². The number of benzene rings is 1. The van der Waals surface area contributed by atoms with Crippen LogP contribution in [0, 0.1) is 5.82 Å². The van der Waals surface area contributed by atoms with Crippen LogP contribution >= 0.6 is 23.8 Å². The van der Waals surface area contributed by atoms with Gasteiger partial charge in [-0.3, -0.25) is 9.98 Å². The van der Waals surface area contributed by atoms with Crippen LogP contribution in [0.1, 0.15) is 16.8 Å². The maximum Gasteiger partial charge on any atom is 0.417 e. The number of benzodiazepines with no additional fused rings is 1. The summed E-state index contributed by atoms with van der Waals surface area (Å²) < 4.78 is 53.5. The summed E-state index contributed by atoms with van der Waals surface area (Å²) in [7, 11) is 0. The number of fused-ring (bicyclic) bond motifs is 1. The maximum absolute atomic E-state index is 14.1. The minimum absolute atomic E-state index is 0.0208. The van der Waals surface area contributed by atoms with Crippen LogP contribution in [0.3, 0.4) is 0 Å². The van der Waals surface area contributed by atoms with Crippen molar-refractivity contribution in [1.82, 2.24) is 4.98 Å². The predicted molar refractivity (Wildman–Crippen MR) is 87.4 cm³/mol. The number of nitrogens with one attached hydrogen (secondary N) is 1. The number of rotatable bonds is 1. The molecule has 0 unspecified atom stereocenters. The summed E-state index contributed by atoms with van der Waals surface area (Å²) in [6.07, 6.45) is -3.34. The molecule has 2 aromatic rings. The number of thiocarbonyl (C=S) groups is 1. The molecular formula is C15H8ClF4N3S. The second kappa shape index (κ2) is 6.10. The highest BCUT2D eigenvalue weighted by molar-refractivity contribution is 7.80. The Balaban J connectivity index is 2.31. The van der Waals surface area contributed by atoms with Crippen LogP contribution in [0.25, 0.3) is 0 Å². The number of pyridine rings is 1. The molecule has 0 atom stereocenters. The molecule has 1 aliphatic rings. The number of nitrogens with zero attached hydrogens (tertiary/aromatic N) is 2. The van der Waals surface area contributed by atoms with Crippen molar-refractivity contribution in [2.75, 3.05) is 11.9 Å². The van der Waals surface area contributed by atoms with E-state index in [0.29, 0.717) is 0 Å². The summed E-state index contributed by atoms with van der Waals surface area (Å²) in [5.41, 5.74) is -1.16. The third-order valence-corrected chi connectivity index (χ3v) is 3.95. The lowest BCUT2D eigenvalue weighted by Gasteiger charge is -2.16. The van der Waals surface area contributed by atoms with Crippen molar-refractivity contribution in [3.63, 3.8) is 0 Å². The Morgan fingerprint density at radius 2 is 1.96 bits per heavy atom. The number of hydrogen-bond donors (Lipinski definition) is 1. The zero-order chi connectivity index (χ0) is 17.5. The van der Waals surface area contributed by atoms with Gasteiger partial charge < -0.3 is 5.32 Å². The Morgan fingerprint density at radius 3 is 2.62 bits per heavy atom. The number of anilines is 1. The maximum atomic E-state index is 14.1. The first-order chi connectivity index (χ1) is 11.3. The van der Waals surface area contributed by atoms with Gasteiger partial charge in [0, 0.05) is 17.4 Å². The van der Waals surface area contributed by atoms with Gasteiger partial charge in [-0.1, -0.05) is 23.8 Å². The number of hydrogen-bond acceptors (Lipinski definition) is 3. The van der Waals surface area contributed by atoms with E-state index >= 15 is 0 Å². The predicted octanol–water partition coefficient (Wildman–Crippen LogP) is 4.48. The molecule has 9 heteroatoms. The van der Waals surface area contributed by atoms with E-state index in [1.54, 1.807) is 0 Å². The molecule has 2 heterocycles. The Hall–Kier alpha value is -2.06. The lowest BCUT2D eigenvalue weighted by Crippen LogP contribution is -2.15. The van der Waals surface area contributed by atoms with E-state index in [-0.39, 0.29) is 34.2 Å². The molecule has 0 radical (unpaired) electrons. The van der Waals surface area contributed by atoms with E-state index in [4.69, 9.17) is 23.8 Å². The third kappa shape index (κ3) is 2.99. The average Bonchev–Trinajstić information content (AvgIpc) is 2.66. The van der Waals surface area contributed by atoms with E-state index in [2.05, 4.69) is 15.3 Å². The quantitative estimate of drug-likeness (QED) is 0.591. The second-order valence-electron chi connectivity index (χ2n) is 4.89. The number of alkyl halides is 3. The Kier molecular flexibility index (Phi) is 4.27. The zero-order valence-corrected chi connectivity index (χ0v) is 13.4. The molecule has 1 aliphatic heterocycles. The monoisotopic (exact) mass is 373 g/mol. The summed E-state index contributed by atoms with van der Waals surface area (Å²) in [6, 6.07) is 4.54. The number of aromatic nitrogens is 1. The Morgan fingerprint density at radius 1 is 1.21 bits per heavy atom. The minimum atomic E-state index is -4.66. The highest BCUT2D eigenvalue weighted by Crippen LogP contribution is 2.40. The van der Waals surface area contributed by atoms with Crippen molar-refractivity contribution in [3.05, 3.63) is 58.1 Å². The van der Waals surface area contributed by atoms with Crippen molar-refractivity contribution in [1.29, 1.82) is 0 Å². The van der Waals surface area contributed by atoms with Crippen LogP contribution in [0.5, 0.6) is 0 Å². The molecule has 0 fully saturated rings. The van der Waals surface area contributed by atoms with E-state index in [0.717, 1.165) is 12.1 Å². The first-order valence-electron chi connectivity index (χ1n) is 6.64. The van der Waals surface area contributed by atoms with Crippen LogP contribution in [0.15, 0.2) is 35.5 Å². The lowest BCUT2D eigenvalue weighted by atomic mass is 10.0. The molecule has 1 N–H and O–H groups in total. The Labute approximate surface area is 144 Å². The van der Waals surface area contributed by atoms with Crippen LogP contribution in [0.2, 0.25) is 5.02 Å². The average molecular weight is 374 g/mol. The standard InChI is InChI=1S/C15H8ClF4N3S/c16-12-7(15(18,19)20)3-4-9-11(12)14(22-6-10(24)23-9)13-8(17)2-1-5-21-13/h1-5H,6H2,(H,23,24). The molecule has 3 nitrogen and oxygen atoms in total. The van der Waals surface area contributed by atoms with E-state index in [9.17, 15) is 17.6 Å². The molecule has 124 valence electrons. The fourth-order valence-electron chi connectivity index (χ4n) is 2.30. The van der Waals surface area contributed by atoms with Gasteiger partial charge in [0.25, 0.3) is 0 Å². The smallest absolute Gasteiger partial charge is 0.348 e. The second-order valence-corrected chi connectivity index (χ2v) is 5.77. The van der Waals surface area contributed by atoms with E-state index < -0.39 is 22.6 Å². The molecule has 0 amide bonds. The van der Waals surface area contributed by atoms with Gasteiger partial charge in [0.2, 0.25) is 0 Å². The van der Waals surface area contributed by atoms with Crippen molar-refractivity contribution >= 4 is 40.2 Å². The minimum Gasteiger partial charge on any atom is -0.348 e. The molecular weight excluding hydrogens is 366 g/mol. The molecule has 0 saturated heterocycles. The Bertz CT molecular complexity index is 864. The SMILES string of the molecule is Fc1cccnc1C1=NCC(=S)Nc2ccc(C(F)(F)F)c(Cl)c21. The van der Waals surface area contributed by atoms with Gasteiger partial charge in [-0.25, -0.2) is 4.39 Å². The van der Waals surface area contributed by atoms with Gasteiger partial charge in [0.1, 0.15) is 10.7 Å². The zero-order valence-electron chi connectivity index (χ0n) is 11.8. The third-order valence-electron chi connectivity index (χ3n) is 3.32. The molecule has 0 bridgehead atoms. The van der Waals surface area contributed by atoms with Crippen molar-refractivity contribution in [2.24, 2.45) is 4.99 Å². The van der Waals surface area contributed by atoms with Crippen molar-refractivity contribution in [2.45, 2.75) is 6.18 Å². The van der Waals surface area contributed by atoms with E-state index in [1.165, 1.54) is 18.3 Å². The van der Waals surface area contributed by atoms with Crippen LogP contribution < -0.4 is 5.32 Å². The van der Waals surface area contributed by atoms with Crippen LogP contribution in [-0.2, 0) is 6.18 Å². The number of aliphatic imine (C=N–C) groups is 1. The van der Waals surface area contributed by atoms with Gasteiger partial charge in [-0.05, 0) is 24.3 Å². The van der Waals surface area contributed by atoms with Crippen molar-refractivity contribution in [3.8, 4) is 0 Å². The fraction of sp³-hybridized carbons (Fsp3) is 0.133. The van der Waals surface area contributed by atoms with E-state index in [1.807, 2.05) is 0 Å². The molecule has 24 heavy (non-hydrogen) atoms. The van der Waals surface area contributed by atoms with Crippen LogP contribution in [-0.4, -0.2) is 22.2 Å². The molecule has 0 spiro atoms. The molecule has 0 aliphatic carbocycles. The summed E-state index contributed by atoms with van der Waals surface area (Å²) in [5.74, 6) is -0.719. The molecule has 1 aromatic carbocycles. The topological polar surface area (TPSA) is 37.3 Å². The summed E-state index contributed by atoms with van der Waals surface area (Å²) in [4.78, 5) is 8.28. The molecule has 0 saturated carbocycles. The highest BCUT2D eigenvalue weighted by Gasteiger charge is 2.36. The largest absolute Gasteiger partial charge is 0.417 e. The first-order valence-corrected chi connectivity index (χ1v) is 7.43. The molecule has 1 aromatic heterocycles.